The summed E-state index contributed by atoms with van der Waals surface area (Å²) in [6.45, 7) is 2.10. The maximum Gasteiger partial charge on any atom is 0.312 e. The van der Waals surface area contributed by atoms with Crippen molar-refractivity contribution in [2.45, 2.75) is 50.9 Å². The van der Waals surface area contributed by atoms with Crippen molar-refractivity contribution in [3.63, 3.8) is 0 Å². The zero-order valence-corrected chi connectivity index (χ0v) is 10.3. The third kappa shape index (κ3) is 1.76. The van der Waals surface area contributed by atoms with E-state index in [1.165, 1.54) is 30.4 Å². The molecule has 3 rings (SSSR count). The molecule has 0 atom stereocenters. The second kappa shape index (κ2) is 3.86. The first-order chi connectivity index (χ1) is 8.20. The molecule has 0 aromatic heterocycles. The summed E-state index contributed by atoms with van der Waals surface area (Å²) in [4.78, 5) is 11.8. The van der Waals surface area contributed by atoms with Gasteiger partial charge in [-0.2, -0.15) is 0 Å². The van der Waals surface area contributed by atoms with Gasteiger partial charge in [0.15, 0.2) is 0 Å². The molecular weight excluding hydrogens is 212 g/mol. The van der Waals surface area contributed by atoms with Gasteiger partial charge in [0.2, 0.25) is 0 Å². The number of benzene rings is 1. The number of carbonyl (C=O) groups excluding carboxylic acids is 1. The molecule has 0 amide bonds. The van der Waals surface area contributed by atoms with Crippen molar-refractivity contribution in [1.29, 1.82) is 0 Å². The van der Waals surface area contributed by atoms with Crippen LogP contribution in [0.3, 0.4) is 0 Å². The molecular formula is C15H18O2. The van der Waals surface area contributed by atoms with Crippen molar-refractivity contribution >= 4 is 5.97 Å². The largest absolute Gasteiger partial charge is 0.426 e. The molecule has 0 saturated heterocycles. The van der Waals surface area contributed by atoms with E-state index in [0.717, 1.165) is 18.6 Å². The molecule has 1 spiro atoms. The first-order valence-corrected chi connectivity index (χ1v) is 6.51. The van der Waals surface area contributed by atoms with Crippen LogP contribution in [-0.4, -0.2) is 5.97 Å². The van der Waals surface area contributed by atoms with Gasteiger partial charge < -0.3 is 4.74 Å². The molecule has 2 heteroatoms. The van der Waals surface area contributed by atoms with Crippen LogP contribution in [-0.2, 0) is 10.2 Å². The standard InChI is InChI=1S/C15H18O2/c1-11-5-6-13-12(9-11)15(10-14(16)17-13)7-3-2-4-8-15/h5-6,9H,2-4,7-8,10H2,1H3. The fourth-order valence-electron chi connectivity index (χ4n) is 3.35. The molecule has 1 aromatic rings. The van der Waals surface area contributed by atoms with Crippen LogP contribution in [0.2, 0.25) is 0 Å². The third-order valence-corrected chi connectivity index (χ3v) is 4.22. The maximum absolute atomic E-state index is 11.8. The molecule has 1 aliphatic carbocycles. The highest BCUT2D eigenvalue weighted by atomic mass is 16.5. The van der Waals surface area contributed by atoms with Crippen molar-refractivity contribution in [3.8, 4) is 5.75 Å². The summed E-state index contributed by atoms with van der Waals surface area (Å²) >= 11 is 0. The lowest BCUT2D eigenvalue weighted by Gasteiger charge is -2.40. The zero-order valence-electron chi connectivity index (χ0n) is 10.3. The fourth-order valence-corrected chi connectivity index (χ4v) is 3.35. The van der Waals surface area contributed by atoms with Gasteiger partial charge in [0, 0.05) is 11.0 Å². The minimum absolute atomic E-state index is 0.0525. The number of ether oxygens (including phenoxy) is 1. The maximum atomic E-state index is 11.8. The second-order valence-corrected chi connectivity index (χ2v) is 5.49. The van der Waals surface area contributed by atoms with Gasteiger partial charge >= 0.3 is 5.97 Å². The predicted molar refractivity (Wildman–Crippen MR) is 66.2 cm³/mol. The van der Waals surface area contributed by atoms with Gasteiger partial charge in [-0.15, -0.1) is 0 Å². The Labute approximate surface area is 102 Å². The van der Waals surface area contributed by atoms with Crippen LogP contribution in [0.15, 0.2) is 18.2 Å². The quantitative estimate of drug-likeness (QED) is 0.503. The molecule has 90 valence electrons. The van der Waals surface area contributed by atoms with Crippen LogP contribution >= 0.6 is 0 Å². The Bertz CT molecular complexity index is 456. The van der Waals surface area contributed by atoms with E-state index in [4.69, 9.17) is 4.74 Å². The summed E-state index contributed by atoms with van der Waals surface area (Å²) in [6.07, 6.45) is 6.62. The van der Waals surface area contributed by atoms with Crippen LogP contribution < -0.4 is 4.74 Å². The van der Waals surface area contributed by atoms with E-state index in [2.05, 4.69) is 13.0 Å². The molecule has 2 aliphatic rings. The number of hydrogen-bond acceptors (Lipinski definition) is 2. The fraction of sp³-hybridized carbons (Fsp3) is 0.533. The van der Waals surface area contributed by atoms with Crippen LogP contribution in [0, 0.1) is 6.92 Å². The number of rotatable bonds is 0. The van der Waals surface area contributed by atoms with E-state index < -0.39 is 0 Å². The average Bonchev–Trinajstić information content (AvgIpc) is 2.31. The van der Waals surface area contributed by atoms with E-state index in [0.29, 0.717) is 6.42 Å². The Morgan fingerprint density at radius 3 is 2.71 bits per heavy atom. The first kappa shape index (κ1) is 10.8. The van der Waals surface area contributed by atoms with E-state index in [1.54, 1.807) is 0 Å². The van der Waals surface area contributed by atoms with Gasteiger partial charge in [-0.05, 0) is 25.8 Å². The lowest BCUT2D eigenvalue weighted by molar-refractivity contribution is -0.137. The van der Waals surface area contributed by atoms with Crippen LogP contribution in [0.5, 0.6) is 5.75 Å². The van der Waals surface area contributed by atoms with Crippen molar-refractivity contribution < 1.29 is 9.53 Å². The summed E-state index contributed by atoms with van der Waals surface area (Å²) in [7, 11) is 0. The number of hydrogen-bond donors (Lipinski definition) is 0. The van der Waals surface area contributed by atoms with E-state index in [-0.39, 0.29) is 11.4 Å². The van der Waals surface area contributed by atoms with Gasteiger partial charge in [0.25, 0.3) is 0 Å². The van der Waals surface area contributed by atoms with E-state index in [9.17, 15) is 4.79 Å². The second-order valence-electron chi connectivity index (χ2n) is 5.49. The molecule has 0 bridgehead atoms. The summed E-state index contributed by atoms with van der Waals surface area (Å²) in [5, 5.41) is 0. The highest BCUT2D eigenvalue weighted by Crippen LogP contribution is 2.48. The Kier molecular flexibility index (Phi) is 2.46. The molecule has 1 fully saturated rings. The molecule has 1 aliphatic heterocycles. The lowest BCUT2D eigenvalue weighted by Crippen LogP contribution is -2.37. The summed E-state index contributed by atoms with van der Waals surface area (Å²) < 4.78 is 5.38. The van der Waals surface area contributed by atoms with Crippen molar-refractivity contribution in [2.75, 3.05) is 0 Å². The molecule has 17 heavy (non-hydrogen) atoms. The highest BCUT2D eigenvalue weighted by Gasteiger charge is 2.42. The molecule has 2 nitrogen and oxygen atoms in total. The summed E-state index contributed by atoms with van der Waals surface area (Å²) in [5.74, 6) is 0.747. The lowest BCUT2D eigenvalue weighted by atomic mass is 9.66. The Morgan fingerprint density at radius 2 is 1.94 bits per heavy atom. The summed E-state index contributed by atoms with van der Waals surface area (Å²) in [6, 6.07) is 6.19. The number of aryl methyl sites for hydroxylation is 1. The van der Waals surface area contributed by atoms with Crippen molar-refractivity contribution in [2.24, 2.45) is 0 Å². The van der Waals surface area contributed by atoms with Crippen LogP contribution in [0.4, 0.5) is 0 Å². The van der Waals surface area contributed by atoms with Gasteiger partial charge in [-0.3, -0.25) is 4.79 Å². The Morgan fingerprint density at radius 1 is 1.18 bits per heavy atom. The summed E-state index contributed by atoms with van der Waals surface area (Å²) in [5.41, 5.74) is 2.61. The molecule has 1 aromatic carbocycles. The molecule has 0 N–H and O–H groups in total. The number of esters is 1. The zero-order chi connectivity index (χ0) is 11.9. The minimum atomic E-state index is -0.0525. The van der Waals surface area contributed by atoms with Crippen molar-refractivity contribution in [3.05, 3.63) is 29.3 Å². The minimum Gasteiger partial charge on any atom is -0.426 e. The molecule has 1 heterocycles. The predicted octanol–water partition coefficient (Wildman–Crippen LogP) is 3.51. The van der Waals surface area contributed by atoms with Crippen LogP contribution in [0.25, 0.3) is 0 Å². The SMILES string of the molecule is Cc1ccc2c(c1)C1(CCCCC1)CC(=O)O2. The number of fused-ring (bicyclic) bond motifs is 2. The Hall–Kier alpha value is -1.31. The van der Waals surface area contributed by atoms with Gasteiger partial charge in [0.05, 0.1) is 6.42 Å². The van der Waals surface area contributed by atoms with Gasteiger partial charge in [-0.25, -0.2) is 0 Å². The van der Waals surface area contributed by atoms with Gasteiger partial charge in [0.1, 0.15) is 5.75 Å². The highest BCUT2D eigenvalue weighted by molar-refractivity contribution is 5.78. The normalized spacial score (nSPS) is 22.1. The third-order valence-electron chi connectivity index (χ3n) is 4.22. The smallest absolute Gasteiger partial charge is 0.312 e. The molecule has 0 unspecified atom stereocenters. The number of carbonyl (C=O) groups is 1. The van der Waals surface area contributed by atoms with Crippen molar-refractivity contribution in [1.82, 2.24) is 0 Å². The van der Waals surface area contributed by atoms with E-state index >= 15 is 0 Å². The topological polar surface area (TPSA) is 26.3 Å². The van der Waals surface area contributed by atoms with Crippen LogP contribution in [0.1, 0.15) is 49.7 Å². The molecule has 0 radical (unpaired) electrons. The monoisotopic (exact) mass is 230 g/mol. The van der Waals surface area contributed by atoms with E-state index in [1.807, 2.05) is 12.1 Å². The Balaban J connectivity index is 2.11. The van der Waals surface area contributed by atoms with Gasteiger partial charge in [-0.1, -0.05) is 37.0 Å². The molecule has 1 saturated carbocycles. The average molecular weight is 230 g/mol. The first-order valence-electron chi connectivity index (χ1n) is 6.51.